The van der Waals surface area contributed by atoms with Gasteiger partial charge >= 0.3 is 0 Å². The van der Waals surface area contributed by atoms with Crippen LogP contribution >= 0.6 is 0 Å². The maximum Gasteiger partial charge on any atom is 0.193 e. The number of benzene rings is 1. The zero-order valence-electron chi connectivity index (χ0n) is 16.3. The van der Waals surface area contributed by atoms with E-state index in [-0.39, 0.29) is 0 Å². The van der Waals surface area contributed by atoms with E-state index >= 15 is 0 Å². The minimum atomic E-state index is 0.631. The molecule has 2 heterocycles. The topological polar surface area (TPSA) is 78.4 Å². The number of aliphatic imine (C=N–C) groups is 1. The molecule has 7 nitrogen and oxygen atoms in total. The summed E-state index contributed by atoms with van der Waals surface area (Å²) in [6, 6.07) is 8.26. The summed E-state index contributed by atoms with van der Waals surface area (Å²) in [6.07, 6.45) is 5.06. The summed E-state index contributed by atoms with van der Waals surface area (Å²) in [6.45, 7) is 6.42. The Morgan fingerprint density at radius 1 is 1.37 bits per heavy atom. The molecule has 0 radical (unpaired) electrons. The Labute approximate surface area is 161 Å². The number of guanidine groups is 1. The molecule has 0 aliphatic carbocycles. The minimum absolute atomic E-state index is 0.631. The highest BCUT2D eigenvalue weighted by atomic mass is 16.5. The summed E-state index contributed by atoms with van der Waals surface area (Å²) in [7, 11) is 2.12. The Morgan fingerprint density at radius 3 is 2.96 bits per heavy atom. The SMILES string of the molecule is CCNC(=NCc1cccc(-c2ncn[nH]2)c1)N(C)CCC1CCOCC1. The normalized spacial score (nSPS) is 15.7. The van der Waals surface area contributed by atoms with Crippen LogP contribution in [-0.4, -0.2) is 59.4 Å². The predicted molar refractivity (Wildman–Crippen MR) is 107 cm³/mol. The van der Waals surface area contributed by atoms with Crippen LogP contribution in [0.15, 0.2) is 35.6 Å². The molecule has 0 atom stereocenters. The molecule has 3 rings (SSSR count). The smallest absolute Gasteiger partial charge is 0.193 e. The second kappa shape index (κ2) is 10.1. The van der Waals surface area contributed by atoms with Gasteiger partial charge in [0.1, 0.15) is 6.33 Å². The molecule has 0 bridgehead atoms. The maximum atomic E-state index is 5.46. The third-order valence-electron chi connectivity index (χ3n) is 4.94. The first-order valence-corrected chi connectivity index (χ1v) is 9.78. The van der Waals surface area contributed by atoms with Gasteiger partial charge in [0.2, 0.25) is 0 Å². The van der Waals surface area contributed by atoms with Crippen molar-refractivity contribution >= 4 is 5.96 Å². The fourth-order valence-corrected chi connectivity index (χ4v) is 3.31. The van der Waals surface area contributed by atoms with Gasteiger partial charge in [-0.3, -0.25) is 5.10 Å². The van der Waals surface area contributed by atoms with E-state index < -0.39 is 0 Å². The largest absolute Gasteiger partial charge is 0.381 e. The molecule has 2 aromatic rings. The summed E-state index contributed by atoms with van der Waals surface area (Å²) >= 11 is 0. The van der Waals surface area contributed by atoms with Crippen LogP contribution in [0.5, 0.6) is 0 Å². The highest BCUT2D eigenvalue weighted by molar-refractivity contribution is 5.79. The molecule has 0 unspecified atom stereocenters. The van der Waals surface area contributed by atoms with Crippen molar-refractivity contribution in [3.05, 3.63) is 36.2 Å². The molecular weight excluding hydrogens is 340 g/mol. The molecule has 27 heavy (non-hydrogen) atoms. The van der Waals surface area contributed by atoms with E-state index in [0.717, 1.165) is 55.1 Å². The zero-order valence-corrected chi connectivity index (χ0v) is 16.3. The molecule has 0 spiro atoms. The Morgan fingerprint density at radius 2 is 2.22 bits per heavy atom. The minimum Gasteiger partial charge on any atom is -0.381 e. The van der Waals surface area contributed by atoms with Gasteiger partial charge in [0.25, 0.3) is 0 Å². The van der Waals surface area contributed by atoms with Crippen LogP contribution in [0, 0.1) is 5.92 Å². The number of aromatic nitrogens is 3. The van der Waals surface area contributed by atoms with E-state index in [4.69, 9.17) is 9.73 Å². The van der Waals surface area contributed by atoms with Crippen molar-refractivity contribution in [2.24, 2.45) is 10.9 Å². The molecule has 1 saturated heterocycles. The van der Waals surface area contributed by atoms with Gasteiger partial charge in [-0.1, -0.05) is 18.2 Å². The van der Waals surface area contributed by atoms with E-state index in [1.54, 1.807) is 0 Å². The standard InChI is InChI=1S/C20H30N6O/c1-3-21-20(26(2)10-7-16-8-11-27-12-9-16)22-14-17-5-4-6-18(13-17)19-23-15-24-25-19/h4-6,13,15-16H,3,7-12,14H2,1-2H3,(H,21,22)(H,23,24,25). The van der Waals surface area contributed by atoms with Crippen LogP contribution in [0.4, 0.5) is 0 Å². The summed E-state index contributed by atoms with van der Waals surface area (Å²) in [5.74, 6) is 2.50. The third-order valence-corrected chi connectivity index (χ3v) is 4.94. The molecule has 1 fully saturated rings. The van der Waals surface area contributed by atoms with Gasteiger partial charge in [0.05, 0.1) is 6.54 Å². The van der Waals surface area contributed by atoms with Crippen LogP contribution in [0.2, 0.25) is 0 Å². The number of nitrogens with one attached hydrogen (secondary N) is 2. The monoisotopic (exact) mass is 370 g/mol. The van der Waals surface area contributed by atoms with Crippen LogP contribution < -0.4 is 5.32 Å². The maximum absolute atomic E-state index is 5.46. The lowest BCUT2D eigenvalue weighted by molar-refractivity contribution is 0.0625. The second-order valence-electron chi connectivity index (χ2n) is 6.97. The van der Waals surface area contributed by atoms with Crippen LogP contribution in [0.1, 0.15) is 31.7 Å². The Kier molecular flexibility index (Phi) is 7.21. The molecule has 1 aromatic heterocycles. The van der Waals surface area contributed by atoms with E-state index in [1.807, 2.05) is 12.1 Å². The van der Waals surface area contributed by atoms with Gasteiger partial charge in [0, 0.05) is 38.9 Å². The first kappa shape index (κ1) is 19.4. The van der Waals surface area contributed by atoms with Gasteiger partial charge in [0.15, 0.2) is 11.8 Å². The van der Waals surface area contributed by atoms with E-state index in [2.05, 4.69) is 51.5 Å². The lowest BCUT2D eigenvalue weighted by Crippen LogP contribution is -2.40. The summed E-state index contributed by atoms with van der Waals surface area (Å²) < 4.78 is 5.46. The molecule has 2 N–H and O–H groups in total. The third kappa shape index (κ3) is 5.79. The van der Waals surface area contributed by atoms with Crippen molar-refractivity contribution in [3.63, 3.8) is 0 Å². The quantitative estimate of drug-likeness (QED) is 0.579. The Bertz CT molecular complexity index is 709. The van der Waals surface area contributed by atoms with Crippen LogP contribution in [0.25, 0.3) is 11.4 Å². The Balaban J connectivity index is 1.60. The average Bonchev–Trinajstić information content (AvgIpc) is 3.25. The summed E-state index contributed by atoms with van der Waals surface area (Å²) in [4.78, 5) is 11.3. The molecular formula is C20H30N6O. The number of rotatable bonds is 7. The molecule has 7 heteroatoms. The number of aromatic amines is 1. The van der Waals surface area contributed by atoms with Crippen LogP contribution in [0.3, 0.4) is 0 Å². The first-order chi connectivity index (χ1) is 13.3. The van der Waals surface area contributed by atoms with Crippen molar-refractivity contribution in [1.82, 2.24) is 25.4 Å². The van der Waals surface area contributed by atoms with Gasteiger partial charge in [-0.25, -0.2) is 9.98 Å². The lowest BCUT2D eigenvalue weighted by Gasteiger charge is -2.26. The average molecular weight is 371 g/mol. The summed E-state index contributed by atoms with van der Waals surface area (Å²) in [5.41, 5.74) is 2.18. The number of hydrogen-bond donors (Lipinski definition) is 2. The van der Waals surface area contributed by atoms with Crippen molar-refractivity contribution in [3.8, 4) is 11.4 Å². The highest BCUT2D eigenvalue weighted by Crippen LogP contribution is 2.19. The van der Waals surface area contributed by atoms with Crippen LogP contribution in [-0.2, 0) is 11.3 Å². The number of hydrogen-bond acceptors (Lipinski definition) is 4. The Hall–Kier alpha value is -2.41. The van der Waals surface area contributed by atoms with Gasteiger partial charge < -0.3 is 15.0 Å². The second-order valence-corrected chi connectivity index (χ2v) is 6.97. The molecule has 1 aliphatic heterocycles. The van der Waals surface area contributed by atoms with Crippen molar-refractivity contribution in [1.29, 1.82) is 0 Å². The van der Waals surface area contributed by atoms with Crippen molar-refractivity contribution < 1.29 is 4.74 Å². The molecule has 146 valence electrons. The molecule has 0 saturated carbocycles. The number of nitrogens with zero attached hydrogens (tertiary/aromatic N) is 4. The first-order valence-electron chi connectivity index (χ1n) is 9.78. The predicted octanol–water partition coefficient (Wildman–Crippen LogP) is 2.69. The van der Waals surface area contributed by atoms with E-state index in [9.17, 15) is 0 Å². The van der Waals surface area contributed by atoms with Gasteiger partial charge in [-0.15, -0.1) is 0 Å². The molecule has 1 aliphatic rings. The van der Waals surface area contributed by atoms with Crippen molar-refractivity contribution in [2.45, 2.75) is 32.7 Å². The van der Waals surface area contributed by atoms with Gasteiger partial charge in [-0.05, 0) is 43.7 Å². The highest BCUT2D eigenvalue weighted by Gasteiger charge is 2.15. The van der Waals surface area contributed by atoms with E-state index in [1.165, 1.54) is 25.6 Å². The fourth-order valence-electron chi connectivity index (χ4n) is 3.31. The molecule has 0 amide bonds. The summed E-state index contributed by atoms with van der Waals surface area (Å²) in [5, 5.41) is 10.2. The zero-order chi connectivity index (χ0) is 18.9. The van der Waals surface area contributed by atoms with Crippen molar-refractivity contribution in [2.75, 3.05) is 33.4 Å². The number of ether oxygens (including phenoxy) is 1. The van der Waals surface area contributed by atoms with Gasteiger partial charge in [-0.2, -0.15) is 5.10 Å². The lowest BCUT2D eigenvalue weighted by atomic mass is 9.96. The number of H-pyrrole nitrogens is 1. The fraction of sp³-hybridized carbons (Fsp3) is 0.550. The van der Waals surface area contributed by atoms with E-state index in [0.29, 0.717) is 6.54 Å². The molecule has 1 aromatic carbocycles.